The summed E-state index contributed by atoms with van der Waals surface area (Å²) in [6.45, 7) is 2.63. The lowest BCUT2D eigenvalue weighted by Gasteiger charge is -2.12. The van der Waals surface area contributed by atoms with Gasteiger partial charge in [-0.1, -0.05) is 19.4 Å². The van der Waals surface area contributed by atoms with Crippen molar-refractivity contribution in [3.05, 3.63) is 53.4 Å². The zero-order valence-electron chi connectivity index (χ0n) is 20.1. The number of hydrogen-bond acceptors (Lipinski definition) is 8. The Morgan fingerprint density at radius 3 is 2.44 bits per heavy atom. The van der Waals surface area contributed by atoms with E-state index in [9.17, 15) is 0 Å². The molecule has 0 unspecified atom stereocenters. The normalized spacial score (nSPS) is 11.3. The van der Waals surface area contributed by atoms with Crippen molar-refractivity contribution in [1.82, 2.24) is 19.7 Å². The van der Waals surface area contributed by atoms with Gasteiger partial charge in [-0.3, -0.25) is 4.68 Å². The molecule has 0 radical (unpaired) electrons. The van der Waals surface area contributed by atoms with Crippen LogP contribution in [0.2, 0.25) is 0 Å². The summed E-state index contributed by atoms with van der Waals surface area (Å²) in [5.41, 5.74) is 3.51. The predicted molar refractivity (Wildman–Crippen MR) is 131 cm³/mol. The molecule has 178 valence electrons. The lowest BCUT2D eigenvalue weighted by molar-refractivity contribution is 0.324. The average Bonchev–Trinajstić information content (AvgIpc) is 3.48. The van der Waals surface area contributed by atoms with Gasteiger partial charge in [0, 0.05) is 7.05 Å². The van der Waals surface area contributed by atoms with Gasteiger partial charge >= 0.3 is 0 Å². The summed E-state index contributed by atoms with van der Waals surface area (Å²) in [5.74, 6) is 3.78. The van der Waals surface area contributed by atoms with E-state index >= 15 is 0 Å². The quantitative estimate of drug-likeness (QED) is 0.361. The molecule has 3 aromatic heterocycles. The summed E-state index contributed by atoms with van der Waals surface area (Å²) in [4.78, 5) is 9.59. The first-order chi connectivity index (χ1) is 16.6. The van der Waals surface area contributed by atoms with E-state index < -0.39 is 0 Å². The first kappa shape index (κ1) is 23.2. The third kappa shape index (κ3) is 4.68. The Hall–Kier alpha value is -4.01. The van der Waals surface area contributed by atoms with Crippen LogP contribution in [0.5, 0.6) is 17.2 Å². The third-order valence-electron chi connectivity index (χ3n) is 5.38. The zero-order chi connectivity index (χ0) is 24.1. The number of rotatable bonds is 10. The molecule has 4 aromatic rings. The van der Waals surface area contributed by atoms with Crippen molar-refractivity contribution in [2.45, 2.75) is 26.3 Å². The molecule has 0 bridgehead atoms. The number of nitrogens with zero attached hydrogens (tertiary/aromatic N) is 4. The van der Waals surface area contributed by atoms with Crippen LogP contribution in [0.1, 0.15) is 36.2 Å². The molecule has 1 aromatic carbocycles. The molecular weight excluding hydrogens is 434 g/mol. The number of ether oxygens (including phenoxy) is 3. The Bertz CT molecular complexity index is 1270. The molecule has 9 nitrogen and oxygen atoms in total. The summed E-state index contributed by atoms with van der Waals surface area (Å²) in [6.07, 6.45) is 7.24. The standard InChI is InChI=1S/C25H29N5O4/c1-6-8-18-22-23(30(2)29-18)25(26-15-17-9-7-12-34-17)28-21(27-22)11-10-16-13-19(31-3)24(33-5)20(14-16)32-4/h7,9-14H,6,8,15H2,1-5H3,(H,26,27,28)/b11-10+. The second-order valence-electron chi connectivity index (χ2n) is 7.67. The first-order valence-electron chi connectivity index (χ1n) is 11.1. The molecule has 0 aliphatic heterocycles. The molecule has 0 aliphatic carbocycles. The second-order valence-corrected chi connectivity index (χ2v) is 7.67. The van der Waals surface area contributed by atoms with E-state index in [1.807, 2.05) is 48.1 Å². The number of anilines is 1. The van der Waals surface area contributed by atoms with E-state index in [1.54, 1.807) is 27.6 Å². The summed E-state index contributed by atoms with van der Waals surface area (Å²) < 4.78 is 23.6. The Labute approximate surface area is 198 Å². The van der Waals surface area contributed by atoms with E-state index in [1.165, 1.54) is 0 Å². The van der Waals surface area contributed by atoms with Gasteiger partial charge in [-0.15, -0.1) is 0 Å². The van der Waals surface area contributed by atoms with Gasteiger partial charge in [0.05, 0.1) is 39.8 Å². The fraction of sp³-hybridized carbons (Fsp3) is 0.320. The van der Waals surface area contributed by atoms with Crippen LogP contribution in [-0.4, -0.2) is 41.1 Å². The van der Waals surface area contributed by atoms with Crippen LogP contribution in [0.15, 0.2) is 34.9 Å². The maximum Gasteiger partial charge on any atom is 0.203 e. The van der Waals surface area contributed by atoms with Crippen molar-refractivity contribution in [1.29, 1.82) is 0 Å². The van der Waals surface area contributed by atoms with E-state index in [0.717, 1.165) is 40.9 Å². The highest BCUT2D eigenvalue weighted by atomic mass is 16.5. The third-order valence-corrected chi connectivity index (χ3v) is 5.38. The summed E-state index contributed by atoms with van der Waals surface area (Å²) >= 11 is 0. The van der Waals surface area contributed by atoms with Gasteiger partial charge in [0.1, 0.15) is 16.8 Å². The molecule has 0 atom stereocenters. The smallest absolute Gasteiger partial charge is 0.203 e. The van der Waals surface area contributed by atoms with Crippen molar-refractivity contribution < 1.29 is 18.6 Å². The molecular formula is C25H29N5O4. The highest BCUT2D eigenvalue weighted by Crippen LogP contribution is 2.38. The minimum atomic E-state index is 0.503. The molecule has 34 heavy (non-hydrogen) atoms. The Balaban J connectivity index is 1.74. The number of aromatic nitrogens is 4. The van der Waals surface area contributed by atoms with Crippen LogP contribution in [0.4, 0.5) is 5.82 Å². The van der Waals surface area contributed by atoms with Crippen molar-refractivity contribution in [3.63, 3.8) is 0 Å². The molecule has 9 heteroatoms. The number of aryl methyl sites for hydroxylation is 2. The molecule has 0 amide bonds. The zero-order valence-corrected chi connectivity index (χ0v) is 20.1. The monoisotopic (exact) mass is 463 g/mol. The molecule has 3 heterocycles. The number of methoxy groups -OCH3 is 3. The van der Waals surface area contributed by atoms with Crippen LogP contribution in [0.25, 0.3) is 23.2 Å². The van der Waals surface area contributed by atoms with E-state index in [2.05, 4.69) is 17.3 Å². The lowest BCUT2D eigenvalue weighted by atomic mass is 10.1. The van der Waals surface area contributed by atoms with Gasteiger partial charge in [-0.2, -0.15) is 5.10 Å². The number of benzene rings is 1. The van der Waals surface area contributed by atoms with Gasteiger partial charge in [-0.25, -0.2) is 9.97 Å². The minimum absolute atomic E-state index is 0.503. The van der Waals surface area contributed by atoms with Gasteiger partial charge in [0.15, 0.2) is 23.1 Å². The van der Waals surface area contributed by atoms with Crippen LogP contribution >= 0.6 is 0 Å². The molecule has 0 spiro atoms. The highest BCUT2D eigenvalue weighted by Gasteiger charge is 2.17. The van der Waals surface area contributed by atoms with Gasteiger partial charge in [0.2, 0.25) is 5.75 Å². The lowest BCUT2D eigenvalue weighted by Crippen LogP contribution is -2.05. The van der Waals surface area contributed by atoms with Crippen molar-refractivity contribution >= 4 is 29.0 Å². The van der Waals surface area contributed by atoms with Gasteiger partial charge in [-0.05, 0) is 42.3 Å². The molecule has 0 saturated heterocycles. The van der Waals surface area contributed by atoms with E-state index in [4.69, 9.17) is 28.6 Å². The summed E-state index contributed by atoms with van der Waals surface area (Å²) in [6, 6.07) is 7.53. The fourth-order valence-electron chi connectivity index (χ4n) is 3.81. The van der Waals surface area contributed by atoms with E-state index in [-0.39, 0.29) is 0 Å². The molecule has 0 saturated carbocycles. The predicted octanol–water partition coefficient (Wildman–Crippen LogP) is 4.72. The van der Waals surface area contributed by atoms with Gasteiger partial charge < -0.3 is 23.9 Å². The first-order valence-corrected chi connectivity index (χ1v) is 11.1. The van der Waals surface area contributed by atoms with Crippen LogP contribution < -0.4 is 19.5 Å². The highest BCUT2D eigenvalue weighted by molar-refractivity contribution is 5.89. The molecule has 4 rings (SSSR count). The summed E-state index contributed by atoms with van der Waals surface area (Å²) in [5, 5.41) is 8.07. The molecule has 1 N–H and O–H groups in total. The van der Waals surface area contributed by atoms with E-state index in [0.29, 0.717) is 35.4 Å². The van der Waals surface area contributed by atoms with Crippen LogP contribution in [-0.2, 0) is 20.0 Å². The summed E-state index contributed by atoms with van der Waals surface area (Å²) in [7, 11) is 6.68. The maximum atomic E-state index is 5.46. The van der Waals surface area contributed by atoms with Gasteiger partial charge in [0.25, 0.3) is 0 Å². The number of furan rings is 1. The van der Waals surface area contributed by atoms with Crippen LogP contribution in [0.3, 0.4) is 0 Å². The Morgan fingerprint density at radius 2 is 1.82 bits per heavy atom. The average molecular weight is 464 g/mol. The van der Waals surface area contributed by atoms with Crippen molar-refractivity contribution in [2.24, 2.45) is 7.05 Å². The second kappa shape index (κ2) is 10.3. The Morgan fingerprint density at radius 1 is 1.06 bits per heavy atom. The van der Waals surface area contributed by atoms with Crippen molar-refractivity contribution in [3.8, 4) is 17.2 Å². The number of fused-ring (bicyclic) bond motifs is 1. The fourth-order valence-corrected chi connectivity index (χ4v) is 3.81. The van der Waals surface area contributed by atoms with Crippen molar-refractivity contribution in [2.75, 3.05) is 26.6 Å². The maximum absolute atomic E-state index is 5.46. The van der Waals surface area contributed by atoms with Crippen LogP contribution in [0, 0.1) is 0 Å². The topological polar surface area (TPSA) is 96.5 Å². The molecule has 0 aliphatic rings. The minimum Gasteiger partial charge on any atom is -0.493 e. The largest absolute Gasteiger partial charge is 0.493 e. The number of hydrogen-bond donors (Lipinski definition) is 1. The number of nitrogens with one attached hydrogen (secondary N) is 1. The SMILES string of the molecule is CCCc1nn(C)c2c(NCc3ccco3)nc(/C=C/c3cc(OC)c(OC)c(OC)c3)nc12. The Kier molecular flexibility index (Phi) is 7.01. The molecule has 0 fully saturated rings.